The van der Waals surface area contributed by atoms with E-state index in [4.69, 9.17) is 5.11 Å². The van der Waals surface area contributed by atoms with Gasteiger partial charge in [-0.15, -0.1) is 0 Å². The summed E-state index contributed by atoms with van der Waals surface area (Å²) in [5.74, 6) is -1.06. The molecule has 3 aromatic rings. The summed E-state index contributed by atoms with van der Waals surface area (Å²) in [6, 6.07) is 11.6. The third-order valence-electron chi connectivity index (χ3n) is 4.27. The van der Waals surface area contributed by atoms with E-state index in [9.17, 15) is 15.0 Å². The number of carbonyl (C=O) groups is 1. The van der Waals surface area contributed by atoms with E-state index in [0.717, 1.165) is 10.7 Å². The minimum Gasteiger partial charge on any atom is -0.507 e. The molecule has 3 N–H and O–H groups in total. The Balaban J connectivity index is 1.78. The summed E-state index contributed by atoms with van der Waals surface area (Å²) in [6.07, 6.45) is 1.69. The van der Waals surface area contributed by atoms with Gasteiger partial charge in [-0.25, -0.2) is 19.8 Å². The third-order valence-corrected chi connectivity index (χ3v) is 5.29. The molecule has 0 spiro atoms. The number of rotatable bonds is 4. The Labute approximate surface area is 168 Å². The molecule has 9 heteroatoms. The van der Waals surface area contributed by atoms with Crippen LogP contribution in [-0.4, -0.2) is 25.9 Å². The highest BCUT2D eigenvalue weighted by atomic mass is 32.1. The van der Waals surface area contributed by atoms with Crippen molar-refractivity contribution in [2.24, 2.45) is 15.0 Å². The van der Waals surface area contributed by atoms with E-state index in [0.29, 0.717) is 27.7 Å². The highest BCUT2D eigenvalue weighted by Crippen LogP contribution is 2.27. The maximum atomic E-state index is 11.0. The standard InChI is InChI=1S/C20H16N4O4S/c1-2-24-18(26)16(10-17-22-13-5-3-4-6-14(13)23-17)29-20(24)21-11-7-8-12(19(27)28)15(25)9-11/h3-10,25-26H,2H2,1H3,(H,27,28). The molecule has 2 heterocycles. The largest absolute Gasteiger partial charge is 0.507 e. The van der Waals surface area contributed by atoms with Crippen LogP contribution in [0.1, 0.15) is 22.2 Å². The first kappa shape index (κ1) is 18.6. The van der Waals surface area contributed by atoms with Crippen molar-refractivity contribution in [2.75, 3.05) is 0 Å². The molecule has 0 saturated heterocycles. The fourth-order valence-electron chi connectivity index (χ4n) is 2.87. The monoisotopic (exact) mass is 408 g/mol. The lowest BCUT2D eigenvalue weighted by molar-refractivity contribution is 0.0694. The number of fused-ring (bicyclic) bond motifs is 1. The van der Waals surface area contributed by atoms with Gasteiger partial charge in [0.2, 0.25) is 5.88 Å². The summed E-state index contributed by atoms with van der Waals surface area (Å²) in [7, 11) is 0. The molecule has 1 aromatic heterocycles. The summed E-state index contributed by atoms with van der Waals surface area (Å²) in [4.78, 5) is 25.4. The van der Waals surface area contributed by atoms with E-state index in [1.807, 2.05) is 31.2 Å². The Bertz CT molecular complexity index is 1310. The Hall–Kier alpha value is -3.72. The highest BCUT2D eigenvalue weighted by Gasteiger charge is 2.13. The van der Waals surface area contributed by atoms with E-state index in [2.05, 4.69) is 15.0 Å². The minimum absolute atomic E-state index is 0.0384. The molecule has 0 saturated carbocycles. The van der Waals surface area contributed by atoms with Gasteiger partial charge < -0.3 is 15.3 Å². The van der Waals surface area contributed by atoms with Crippen molar-refractivity contribution in [1.29, 1.82) is 0 Å². The molecule has 0 radical (unpaired) electrons. The predicted molar refractivity (Wildman–Crippen MR) is 107 cm³/mol. The average Bonchev–Trinajstić information content (AvgIpc) is 3.22. The van der Waals surface area contributed by atoms with Crippen molar-refractivity contribution in [1.82, 2.24) is 4.57 Å². The zero-order valence-corrected chi connectivity index (χ0v) is 16.1. The van der Waals surface area contributed by atoms with Crippen molar-refractivity contribution in [3.63, 3.8) is 0 Å². The van der Waals surface area contributed by atoms with E-state index in [-0.39, 0.29) is 17.2 Å². The maximum absolute atomic E-state index is 11.0. The summed E-state index contributed by atoms with van der Waals surface area (Å²) in [5, 5.41) is 31.0. The van der Waals surface area contributed by atoms with Crippen LogP contribution in [0.3, 0.4) is 0 Å². The number of nitrogens with zero attached hydrogens (tertiary/aromatic N) is 4. The normalized spacial score (nSPS) is 13.0. The van der Waals surface area contributed by atoms with Gasteiger partial charge >= 0.3 is 5.97 Å². The summed E-state index contributed by atoms with van der Waals surface area (Å²) >= 11 is 1.24. The SMILES string of the molecule is CCn1c(O)c(C=C2N=c3ccccc3=N2)sc1=Nc1ccc(C(=O)O)c(O)c1. The predicted octanol–water partition coefficient (Wildman–Crippen LogP) is 2.16. The molecule has 4 rings (SSSR count). The number of hydrogen-bond acceptors (Lipinski definition) is 7. The summed E-state index contributed by atoms with van der Waals surface area (Å²) in [6.45, 7) is 2.34. The molecule has 0 bridgehead atoms. The van der Waals surface area contributed by atoms with Gasteiger partial charge in [-0.2, -0.15) is 0 Å². The number of phenols is 1. The van der Waals surface area contributed by atoms with Crippen LogP contribution in [0.4, 0.5) is 5.69 Å². The van der Waals surface area contributed by atoms with Crippen molar-refractivity contribution in [3.8, 4) is 11.6 Å². The molecule has 0 fully saturated rings. The lowest BCUT2D eigenvalue weighted by Crippen LogP contribution is -2.19. The van der Waals surface area contributed by atoms with Crippen LogP contribution >= 0.6 is 11.3 Å². The van der Waals surface area contributed by atoms with Crippen LogP contribution in [0.25, 0.3) is 6.08 Å². The van der Waals surface area contributed by atoms with E-state index in [1.54, 1.807) is 10.6 Å². The number of hydrogen-bond donors (Lipinski definition) is 3. The van der Waals surface area contributed by atoms with Crippen LogP contribution in [0.15, 0.2) is 63.3 Å². The topological polar surface area (TPSA) is 120 Å². The number of para-hydroxylation sites is 2. The molecule has 146 valence electrons. The van der Waals surface area contributed by atoms with Crippen LogP contribution in [0.5, 0.6) is 11.6 Å². The molecule has 29 heavy (non-hydrogen) atoms. The number of aromatic hydroxyl groups is 2. The number of carboxylic acid groups (broad SMARTS) is 1. The second-order valence-electron chi connectivity index (χ2n) is 6.15. The number of carboxylic acids is 1. The van der Waals surface area contributed by atoms with Gasteiger partial charge in [0, 0.05) is 18.7 Å². The first-order valence-electron chi connectivity index (χ1n) is 8.74. The molecule has 0 aliphatic carbocycles. The fourth-order valence-corrected chi connectivity index (χ4v) is 3.91. The Kier molecular flexibility index (Phi) is 4.73. The zero-order valence-electron chi connectivity index (χ0n) is 15.3. The number of thiazole rings is 1. The van der Waals surface area contributed by atoms with Crippen LogP contribution in [0.2, 0.25) is 0 Å². The fraction of sp³-hybridized carbons (Fsp3) is 0.100. The van der Waals surface area contributed by atoms with Crippen molar-refractivity contribution in [3.05, 3.63) is 74.2 Å². The quantitative estimate of drug-likeness (QED) is 0.613. The average molecular weight is 408 g/mol. The smallest absolute Gasteiger partial charge is 0.339 e. The van der Waals surface area contributed by atoms with Gasteiger partial charge in [-0.3, -0.25) is 4.57 Å². The van der Waals surface area contributed by atoms with Gasteiger partial charge in [-0.05, 0) is 31.2 Å². The summed E-state index contributed by atoms with van der Waals surface area (Å²) in [5.41, 5.74) is 0.175. The third kappa shape index (κ3) is 3.55. The number of aromatic carboxylic acids is 1. The van der Waals surface area contributed by atoms with Gasteiger partial charge in [0.25, 0.3) is 0 Å². The first-order chi connectivity index (χ1) is 14.0. The van der Waals surface area contributed by atoms with Crippen molar-refractivity contribution in [2.45, 2.75) is 13.5 Å². The van der Waals surface area contributed by atoms with E-state index in [1.165, 1.54) is 29.5 Å². The van der Waals surface area contributed by atoms with Gasteiger partial charge in [0.1, 0.15) is 11.3 Å². The van der Waals surface area contributed by atoms with Crippen molar-refractivity contribution < 1.29 is 20.1 Å². The molecule has 0 atom stereocenters. The summed E-state index contributed by atoms with van der Waals surface area (Å²) < 4.78 is 1.61. The van der Waals surface area contributed by atoms with Crippen LogP contribution < -0.4 is 15.5 Å². The molecular formula is C20H16N4O4S. The number of aromatic nitrogens is 1. The van der Waals surface area contributed by atoms with Crippen molar-refractivity contribution >= 4 is 29.1 Å². The Morgan fingerprint density at radius 3 is 2.45 bits per heavy atom. The second-order valence-corrected chi connectivity index (χ2v) is 7.16. The Morgan fingerprint density at radius 2 is 1.86 bits per heavy atom. The number of benzene rings is 2. The lowest BCUT2D eigenvalue weighted by Gasteiger charge is -2.01. The van der Waals surface area contributed by atoms with E-state index >= 15 is 0 Å². The maximum Gasteiger partial charge on any atom is 0.339 e. The van der Waals surface area contributed by atoms with Crippen LogP contribution in [-0.2, 0) is 6.54 Å². The van der Waals surface area contributed by atoms with Gasteiger partial charge in [0.15, 0.2) is 10.6 Å². The molecule has 1 aliphatic rings. The molecule has 2 aromatic carbocycles. The van der Waals surface area contributed by atoms with E-state index < -0.39 is 5.97 Å². The minimum atomic E-state index is -1.22. The highest BCUT2D eigenvalue weighted by molar-refractivity contribution is 7.10. The van der Waals surface area contributed by atoms with Gasteiger partial charge in [0.05, 0.1) is 21.3 Å². The molecule has 1 aliphatic heterocycles. The first-order valence-corrected chi connectivity index (χ1v) is 9.55. The second kappa shape index (κ2) is 7.36. The molecule has 8 nitrogen and oxygen atoms in total. The molecule has 0 unspecified atom stereocenters. The molecule has 0 amide bonds. The molecular weight excluding hydrogens is 392 g/mol. The van der Waals surface area contributed by atoms with Crippen LogP contribution in [0, 0.1) is 0 Å². The Morgan fingerprint density at radius 1 is 1.17 bits per heavy atom. The zero-order chi connectivity index (χ0) is 20.5. The lowest BCUT2D eigenvalue weighted by atomic mass is 10.2. The van der Waals surface area contributed by atoms with Gasteiger partial charge in [-0.1, -0.05) is 23.5 Å².